The second-order valence-corrected chi connectivity index (χ2v) is 5.60. The number of hydrogen-bond acceptors (Lipinski definition) is 3. The highest BCUT2D eigenvalue weighted by Crippen LogP contribution is 2.23. The van der Waals surface area contributed by atoms with Crippen LogP contribution in [0.4, 0.5) is 0 Å². The topological polar surface area (TPSA) is 29.5 Å². The fraction of sp³-hybridized carbons (Fsp3) is 0.667. The van der Waals surface area contributed by atoms with Crippen LogP contribution >= 0.6 is 0 Å². The summed E-state index contributed by atoms with van der Waals surface area (Å²) in [5.74, 6) is 0.00822. The first kappa shape index (κ1) is 16.8. The van der Waals surface area contributed by atoms with Crippen molar-refractivity contribution >= 4 is 5.97 Å². The third-order valence-corrected chi connectivity index (χ3v) is 2.62. The van der Waals surface area contributed by atoms with Crippen LogP contribution in [0.1, 0.15) is 41.5 Å². The van der Waals surface area contributed by atoms with Crippen molar-refractivity contribution in [3.05, 3.63) is 24.9 Å². The molecule has 0 aromatic carbocycles. The van der Waals surface area contributed by atoms with Crippen molar-refractivity contribution in [1.29, 1.82) is 0 Å². The van der Waals surface area contributed by atoms with Gasteiger partial charge in [0.25, 0.3) is 0 Å². The Morgan fingerprint density at radius 2 is 1.94 bits per heavy atom. The largest absolute Gasteiger partial charge is 0.464 e. The second kappa shape index (κ2) is 7.24. The molecule has 0 radical (unpaired) electrons. The van der Waals surface area contributed by atoms with Crippen molar-refractivity contribution in [2.75, 3.05) is 6.61 Å². The highest BCUT2D eigenvalue weighted by Gasteiger charge is 2.34. The van der Waals surface area contributed by atoms with Gasteiger partial charge in [0.2, 0.25) is 0 Å². The van der Waals surface area contributed by atoms with Gasteiger partial charge >= 0.3 is 5.97 Å². The summed E-state index contributed by atoms with van der Waals surface area (Å²) >= 11 is 0. The van der Waals surface area contributed by atoms with Gasteiger partial charge in [-0.25, -0.2) is 4.79 Å². The number of allylic oxidation sites excluding steroid dienone is 2. The van der Waals surface area contributed by atoms with Crippen LogP contribution in [0.25, 0.3) is 0 Å². The average Bonchev–Trinajstić information content (AvgIpc) is 2.21. The van der Waals surface area contributed by atoms with Gasteiger partial charge in [0, 0.05) is 11.7 Å². The van der Waals surface area contributed by atoms with Crippen molar-refractivity contribution in [3.8, 4) is 0 Å². The van der Waals surface area contributed by atoms with Gasteiger partial charge in [0.15, 0.2) is 0 Å². The summed E-state index contributed by atoms with van der Waals surface area (Å²) in [6.45, 7) is 16.2. The highest BCUT2D eigenvalue weighted by molar-refractivity contribution is 5.76. The van der Waals surface area contributed by atoms with E-state index >= 15 is 0 Å². The van der Waals surface area contributed by atoms with Crippen LogP contribution in [0.3, 0.4) is 0 Å². The average molecular weight is 253 g/mol. The summed E-state index contributed by atoms with van der Waals surface area (Å²) in [5, 5.41) is 0. The van der Waals surface area contributed by atoms with Gasteiger partial charge in [-0.05, 0) is 39.7 Å². The Morgan fingerprint density at radius 1 is 1.39 bits per heavy atom. The molecule has 0 saturated heterocycles. The minimum Gasteiger partial charge on any atom is -0.464 e. The number of carbonyl (C=O) groups excluding carboxylic acids is 1. The molecule has 0 aliphatic rings. The molecule has 0 aliphatic heterocycles. The van der Waals surface area contributed by atoms with Crippen molar-refractivity contribution in [2.45, 2.75) is 53.1 Å². The van der Waals surface area contributed by atoms with Crippen molar-refractivity contribution < 1.29 is 9.53 Å². The van der Waals surface area contributed by atoms with Crippen LogP contribution in [-0.2, 0) is 9.53 Å². The van der Waals surface area contributed by atoms with Crippen LogP contribution < -0.4 is 0 Å². The molecule has 1 atom stereocenters. The maximum absolute atomic E-state index is 12.1. The van der Waals surface area contributed by atoms with E-state index < -0.39 is 0 Å². The summed E-state index contributed by atoms with van der Waals surface area (Å²) in [5.41, 5.74) is -0.152. The van der Waals surface area contributed by atoms with Gasteiger partial charge in [-0.15, -0.1) is 0 Å². The van der Waals surface area contributed by atoms with E-state index in [0.29, 0.717) is 6.61 Å². The summed E-state index contributed by atoms with van der Waals surface area (Å²) in [6, 6.07) is -0.277. The molecule has 1 unspecified atom stereocenters. The molecule has 0 N–H and O–H groups in total. The van der Waals surface area contributed by atoms with Gasteiger partial charge < -0.3 is 9.64 Å². The van der Waals surface area contributed by atoms with Crippen LogP contribution in [0, 0.1) is 5.92 Å². The monoisotopic (exact) mass is 253 g/mol. The van der Waals surface area contributed by atoms with Gasteiger partial charge in [-0.1, -0.05) is 26.5 Å². The van der Waals surface area contributed by atoms with Crippen molar-refractivity contribution in [1.82, 2.24) is 4.90 Å². The normalized spacial score (nSPS) is 13.7. The zero-order valence-corrected chi connectivity index (χ0v) is 12.6. The lowest BCUT2D eigenvalue weighted by Gasteiger charge is -2.41. The molecule has 0 bridgehead atoms. The number of rotatable bonds is 6. The Morgan fingerprint density at radius 3 is 2.28 bits per heavy atom. The van der Waals surface area contributed by atoms with E-state index in [0.717, 1.165) is 0 Å². The molecule has 0 heterocycles. The molecule has 0 saturated carbocycles. The summed E-state index contributed by atoms with van der Waals surface area (Å²) < 4.78 is 5.18. The Hall–Kier alpha value is -1.25. The van der Waals surface area contributed by atoms with Crippen LogP contribution in [0.15, 0.2) is 24.9 Å². The molecule has 0 aliphatic carbocycles. The Labute approximate surface area is 112 Å². The molecule has 104 valence electrons. The molecule has 0 rings (SSSR count). The first-order valence-electron chi connectivity index (χ1n) is 6.50. The predicted molar refractivity (Wildman–Crippen MR) is 76.2 cm³/mol. The Kier molecular flexibility index (Phi) is 6.74. The molecule has 18 heavy (non-hydrogen) atoms. The molecule has 0 aromatic rings. The van der Waals surface area contributed by atoms with Crippen LogP contribution in [0.5, 0.6) is 0 Å². The lowest BCUT2D eigenvalue weighted by atomic mass is 9.96. The molecular weight excluding hydrogens is 226 g/mol. The third-order valence-electron chi connectivity index (χ3n) is 2.62. The van der Waals surface area contributed by atoms with E-state index in [-0.39, 0.29) is 23.5 Å². The fourth-order valence-electron chi connectivity index (χ4n) is 1.82. The number of esters is 1. The predicted octanol–water partition coefficient (Wildman–Crippen LogP) is 3.37. The van der Waals surface area contributed by atoms with Crippen molar-refractivity contribution in [3.63, 3.8) is 0 Å². The smallest absolute Gasteiger partial charge is 0.329 e. The quantitative estimate of drug-likeness (QED) is 0.537. The second-order valence-electron chi connectivity index (χ2n) is 5.60. The fourth-order valence-corrected chi connectivity index (χ4v) is 1.82. The molecular formula is C15H27NO2. The first-order valence-corrected chi connectivity index (χ1v) is 6.50. The van der Waals surface area contributed by atoms with E-state index in [1.165, 1.54) is 0 Å². The van der Waals surface area contributed by atoms with E-state index in [1.54, 1.807) is 6.08 Å². The Balaban J connectivity index is 5.29. The van der Waals surface area contributed by atoms with E-state index in [1.807, 2.05) is 37.9 Å². The molecule has 0 fully saturated rings. The van der Waals surface area contributed by atoms with E-state index in [4.69, 9.17) is 4.74 Å². The minimum atomic E-state index is -0.277. The van der Waals surface area contributed by atoms with Crippen LogP contribution in [0.2, 0.25) is 0 Å². The van der Waals surface area contributed by atoms with Crippen LogP contribution in [-0.4, -0.2) is 29.1 Å². The minimum absolute atomic E-state index is 0.152. The highest BCUT2D eigenvalue weighted by atomic mass is 16.5. The maximum Gasteiger partial charge on any atom is 0.329 e. The summed E-state index contributed by atoms with van der Waals surface area (Å²) in [4.78, 5) is 14.2. The molecule has 0 aromatic heterocycles. The summed E-state index contributed by atoms with van der Waals surface area (Å²) in [7, 11) is 0. The molecule has 0 spiro atoms. The lowest BCUT2D eigenvalue weighted by molar-refractivity contribution is -0.152. The summed E-state index contributed by atoms with van der Waals surface area (Å²) in [6.07, 6.45) is 5.47. The zero-order chi connectivity index (χ0) is 14.3. The van der Waals surface area contributed by atoms with Gasteiger partial charge in [0.05, 0.1) is 6.61 Å². The number of ether oxygens (including phenoxy) is 1. The van der Waals surface area contributed by atoms with Gasteiger partial charge in [-0.3, -0.25) is 0 Å². The lowest BCUT2D eigenvalue weighted by Crippen LogP contribution is -2.51. The number of hydrogen-bond donors (Lipinski definition) is 0. The SMILES string of the molecule is C=C/C=C\N(C(C(=O)OCC)C(C)C)C(C)(C)C. The first-order chi connectivity index (χ1) is 8.25. The zero-order valence-electron chi connectivity index (χ0n) is 12.6. The molecule has 3 nitrogen and oxygen atoms in total. The van der Waals surface area contributed by atoms with Gasteiger partial charge in [0.1, 0.15) is 6.04 Å². The van der Waals surface area contributed by atoms with Crippen molar-refractivity contribution in [2.24, 2.45) is 5.92 Å². The Bertz CT molecular complexity index is 300. The number of nitrogens with zero attached hydrogens (tertiary/aromatic N) is 1. The third kappa shape index (κ3) is 4.94. The standard InChI is InChI=1S/C15H27NO2/c1-8-10-11-16(15(5,6)7)13(12(3)4)14(17)18-9-2/h8,10-13H,1,9H2,2-7H3/b11-10-. The van der Waals surface area contributed by atoms with E-state index in [9.17, 15) is 4.79 Å². The number of carbonyl (C=O) groups is 1. The van der Waals surface area contributed by atoms with E-state index in [2.05, 4.69) is 27.4 Å². The van der Waals surface area contributed by atoms with Gasteiger partial charge in [-0.2, -0.15) is 0 Å². The molecule has 0 amide bonds. The molecule has 3 heteroatoms. The maximum atomic E-state index is 12.1.